The van der Waals surface area contributed by atoms with Crippen LogP contribution in [0.15, 0.2) is 72.8 Å². The van der Waals surface area contributed by atoms with Gasteiger partial charge in [-0.25, -0.2) is 0 Å². The molecule has 0 aliphatic carbocycles. The number of ketones is 1. The number of benzene rings is 3. The molecule has 7 rings (SSSR count). The van der Waals surface area contributed by atoms with Crippen LogP contribution in [-0.2, 0) is 20.5 Å². The van der Waals surface area contributed by atoms with Gasteiger partial charge in [0.1, 0.15) is 11.0 Å². The third kappa shape index (κ3) is 2.49. The van der Waals surface area contributed by atoms with E-state index in [0.717, 1.165) is 6.42 Å². The van der Waals surface area contributed by atoms with E-state index in [1.165, 1.54) is 24.3 Å². The minimum Gasteiger partial charge on any atom is -0.325 e. The molecule has 0 aromatic heterocycles. The molecule has 2 spiro atoms. The monoisotopic (exact) mass is 494 g/mol. The Hall–Kier alpha value is -4.37. The van der Waals surface area contributed by atoms with Crippen molar-refractivity contribution in [3.63, 3.8) is 0 Å². The predicted octanol–water partition coefficient (Wildman–Crippen LogP) is 3.61. The Bertz CT molecular complexity index is 1470. The molecule has 2 N–H and O–H groups in total. The molecule has 4 aliphatic rings. The molecular formula is C28H22N4O5. The van der Waals surface area contributed by atoms with E-state index < -0.39 is 33.6 Å². The summed E-state index contributed by atoms with van der Waals surface area (Å²) >= 11 is 0. The van der Waals surface area contributed by atoms with Crippen LogP contribution >= 0.6 is 0 Å². The van der Waals surface area contributed by atoms with Gasteiger partial charge < -0.3 is 10.6 Å². The Kier molecular flexibility index (Phi) is 4.33. The van der Waals surface area contributed by atoms with Gasteiger partial charge in [-0.1, -0.05) is 48.5 Å². The molecule has 0 radical (unpaired) electrons. The number of hydrogen-bond acceptors (Lipinski definition) is 6. The van der Waals surface area contributed by atoms with Crippen LogP contribution in [0.1, 0.15) is 34.3 Å². The number of nitro benzene ring substituents is 1. The number of non-ortho nitro benzene ring substituents is 1. The Labute approximate surface area is 211 Å². The highest BCUT2D eigenvalue weighted by Crippen LogP contribution is 2.66. The van der Waals surface area contributed by atoms with Gasteiger partial charge in [-0.2, -0.15) is 0 Å². The lowest BCUT2D eigenvalue weighted by molar-refractivity contribution is -0.384. The largest absolute Gasteiger partial charge is 0.325 e. The Morgan fingerprint density at radius 3 is 2.35 bits per heavy atom. The van der Waals surface area contributed by atoms with Gasteiger partial charge in [-0.15, -0.1) is 0 Å². The second-order valence-corrected chi connectivity index (χ2v) is 10.1. The van der Waals surface area contributed by atoms with E-state index >= 15 is 0 Å². The fourth-order valence-corrected chi connectivity index (χ4v) is 7.44. The first kappa shape index (κ1) is 21.9. The van der Waals surface area contributed by atoms with Crippen molar-refractivity contribution < 1.29 is 19.3 Å². The molecule has 2 fully saturated rings. The Balaban J connectivity index is 1.57. The molecule has 3 aromatic rings. The van der Waals surface area contributed by atoms with Crippen molar-refractivity contribution >= 4 is 34.7 Å². The summed E-state index contributed by atoms with van der Waals surface area (Å²) in [5.41, 5.74) is -0.315. The molecule has 9 nitrogen and oxygen atoms in total. The third-order valence-corrected chi connectivity index (χ3v) is 8.64. The number of rotatable bonds is 3. The molecule has 0 unspecified atom stereocenters. The van der Waals surface area contributed by atoms with Crippen molar-refractivity contribution in [2.24, 2.45) is 5.92 Å². The smallest absolute Gasteiger partial charge is 0.270 e. The van der Waals surface area contributed by atoms with Crippen molar-refractivity contribution in [3.8, 4) is 0 Å². The summed E-state index contributed by atoms with van der Waals surface area (Å²) in [7, 11) is 0. The van der Waals surface area contributed by atoms with E-state index in [1.807, 2.05) is 42.5 Å². The lowest BCUT2D eigenvalue weighted by Gasteiger charge is -2.38. The minimum absolute atomic E-state index is 0.105. The fraction of sp³-hybridized carbons (Fsp3) is 0.250. The number of carbonyl (C=O) groups excluding carboxylic acids is 3. The Morgan fingerprint density at radius 2 is 1.59 bits per heavy atom. The maximum absolute atomic E-state index is 14.7. The summed E-state index contributed by atoms with van der Waals surface area (Å²) in [6, 6.07) is 19.8. The topological polar surface area (TPSA) is 122 Å². The molecular weight excluding hydrogens is 472 g/mol. The van der Waals surface area contributed by atoms with Crippen molar-refractivity contribution in [2.75, 3.05) is 17.2 Å². The van der Waals surface area contributed by atoms with E-state index in [9.17, 15) is 24.5 Å². The second kappa shape index (κ2) is 7.33. The molecule has 9 heteroatoms. The maximum atomic E-state index is 14.7. The van der Waals surface area contributed by atoms with E-state index in [2.05, 4.69) is 15.5 Å². The van der Waals surface area contributed by atoms with E-state index in [1.54, 1.807) is 6.07 Å². The predicted molar refractivity (Wildman–Crippen MR) is 134 cm³/mol. The van der Waals surface area contributed by atoms with Crippen molar-refractivity contribution in [3.05, 3.63) is 99.6 Å². The zero-order valence-electron chi connectivity index (χ0n) is 19.6. The van der Waals surface area contributed by atoms with E-state index in [4.69, 9.17) is 0 Å². The van der Waals surface area contributed by atoms with Gasteiger partial charge in [-0.3, -0.25) is 29.4 Å². The molecule has 0 bridgehead atoms. The number of para-hydroxylation sites is 2. The first-order valence-corrected chi connectivity index (χ1v) is 12.3. The van der Waals surface area contributed by atoms with Crippen LogP contribution < -0.4 is 10.6 Å². The van der Waals surface area contributed by atoms with Gasteiger partial charge in [0.15, 0.2) is 5.78 Å². The summed E-state index contributed by atoms with van der Waals surface area (Å²) in [6.45, 7) is 0.544. The SMILES string of the molecule is O=C(c1cccc([N+](=O)[O-])c1)[C@@H]1[C@]2(C(=O)Nc3ccccc32)[C@H]2CCCN2[C@]12C(=O)Nc1ccccc12. The van der Waals surface area contributed by atoms with Gasteiger partial charge >= 0.3 is 0 Å². The zero-order chi connectivity index (χ0) is 25.5. The van der Waals surface area contributed by atoms with Crippen LogP contribution in [0.3, 0.4) is 0 Å². The molecule has 184 valence electrons. The lowest BCUT2D eigenvalue weighted by Crippen LogP contribution is -2.55. The number of carbonyl (C=O) groups is 3. The number of anilines is 2. The first-order chi connectivity index (χ1) is 17.9. The van der Waals surface area contributed by atoms with E-state index in [-0.39, 0.29) is 23.1 Å². The van der Waals surface area contributed by atoms with Crippen LogP contribution in [0.4, 0.5) is 17.1 Å². The molecule has 4 heterocycles. The number of Topliss-reactive ketones (excluding diaryl/α,β-unsaturated/α-hetero) is 1. The quantitative estimate of drug-likeness (QED) is 0.326. The van der Waals surface area contributed by atoms with Crippen molar-refractivity contribution in [1.29, 1.82) is 0 Å². The molecule has 2 saturated heterocycles. The Morgan fingerprint density at radius 1 is 0.919 bits per heavy atom. The second-order valence-electron chi connectivity index (χ2n) is 10.1. The van der Waals surface area contributed by atoms with Crippen molar-refractivity contribution in [1.82, 2.24) is 4.90 Å². The molecule has 2 amide bonds. The number of nitrogens with zero attached hydrogens (tertiary/aromatic N) is 2. The summed E-state index contributed by atoms with van der Waals surface area (Å²) in [5.74, 6) is -2.27. The zero-order valence-corrected chi connectivity index (χ0v) is 19.6. The highest BCUT2D eigenvalue weighted by molar-refractivity contribution is 6.18. The number of fused-ring (bicyclic) bond motifs is 7. The van der Waals surface area contributed by atoms with Gasteiger partial charge in [0.25, 0.3) is 5.69 Å². The fourth-order valence-electron chi connectivity index (χ4n) is 7.44. The number of hydrogen-bond donors (Lipinski definition) is 2. The van der Waals surface area contributed by atoms with Crippen molar-refractivity contribution in [2.45, 2.75) is 29.8 Å². The maximum Gasteiger partial charge on any atom is 0.270 e. The van der Waals surface area contributed by atoms with Crippen LogP contribution in [0.25, 0.3) is 0 Å². The summed E-state index contributed by atoms with van der Waals surface area (Å²) in [6.07, 6.45) is 1.41. The molecule has 4 atom stereocenters. The van der Waals surface area contributed by atoms with Gasteiger partial charge in [0.2, 0.25) is 11.8 Å². The molecule has 3 aromatic carbocycles. The van der Waals surface area contributed by atoms with Gasteiger partial charge in [0, 0.05) is 40.7 Å². The minimum atomic E-state index is -1.44. The van der Waals surface area contributed by atoms with Crippen LogP contribution in [0.2, 0.25) is 0 Å². The third-order valence-electron chi connectivity index (χ3n) is 8.64. The average Bonchev–Trinajstić information content (AvgIpc) is 3.62. The standard InChI is InChI=1S/C28H22N4O5/c33-23(16-7-5-8-17(15-16)32(36)37)24-27(18-9-1-3-11-20(18)29-25(27)34)22-13-6-14-31(22)28(24)19-10-2-4-12-21(19)30-26(28)35/h1-5,7-12,15,22,24H,6,13-14H2,(H,29,34)(H,30,35)/t22-,24-,27-,28+/m1/s1. The summed E-state index contributed by atoms with van der Waals surface area (Å²) in [4.78, 5) is 56.0. The number of nitrogens with one attached hydrogen (secondary N) is 2. The highest BCUT2D eigenvalue weighted by atomic mass is 16.6. The van der Waals surface area contributed by atoms with Gasteiger partial charge in [-0.05, 0) is 37.1 Å². The molecule has 4 aliphatic heterocycles. The van der Waals surface area contributed by atoms with Crippen LogP contribution in [0, 0.1) is 16.0 Å². The number of amides is 2. The van der Waals surface area contributed by atoms with Gasteiger partial charge in [0.05, 0.1) is 10.8 Å². The molecule has 0 saturated carbocycles. The molecule has 37 heavy (non-hydrogen) atoms. The number of nitro groups is 1. The van der Waals surface area contributed by atoms with Crippen LogP contribution in [0.5, 0.6) is 0 Å². The summed E-state index contributed by atoms with van der Waals surface area (Å²) in [5, 5.41) is 17.5. The average molecular weight is 495 g/mol. The highest BCUT2D eigenvalue weighted by Gasteiger charge is 2.78. The van der Waals surface area contributed by atoms with E-state index in [0.29, 0.717) is 35.5 Å². The van der Waals surface area contributed by atoms with Crippen LogP contribution in [-0.4, -0.2) is 40.0 Å². The first-order valence-electron chi connectivity index (χ1n) is 12.3. The lowest BCUT2D eigenvalue weighted by atomic mass is 9.60. The summed E-state index contributed by atoms with van der Waals surface area (Å²) < 4.78 is 0. The normalized spacial score (nSPS) is 29.2.